The van der Waals surface area contributed by atoms with E-state index < -0.39 is 0 Å². The number of hydrogen-bond acceptors (Lipinski definition) is 3. The van der Waals surface area contributed by atoms with Crippen molar-refractivity contribution in [2.45, 2.75) is 0 Å². The first-order chi connectivity index (χ1) is 6.15. The Labute approximate surface area is 76.9 Å². The van der Waals surface area contributed by atoms with Crippen LogP contribution in [-0.4, -0.2) is 34.9 Å². The second kappa shape index (κ2) is 3.72. The van der Waals surface area contributed by atoms with Gasteiger partial charge in [-0.15, -0.1) is 0 Å². The van der Waals surface area contributed by atoms with Crippen LogP contribution < -0.4 is 0 Å². The standard InChI is InChI=1S/C8H11N5/c1-12(2)5-10-8-7(4-9)13(3)6-11-8/h5-6H,1-3H3/b10-5+. The molecular formula is C8H11N5. The summed E-state index contributed by atoms with van der Waals surface area (Å²) in [5, 5.41) is 8.76. The van der Waals surface area contributed by atoms with Gasteiger partial charge in [-0.2, -0.15) is 5.26 Å². The molecule has 1 aromatic heterocycles. The summed E-state index contributed by atoms with van der Waals surface area (Å²) in [5.74, 6) is 0.457. The first kappa shape index (κ1) is 9.26. The van der Waals surface area contributed by atoms with E-state index >= 15 is 0 Å². The molecule has 0 saturated heterocycles. The highest BCUT2D eigenvalue weighted by Crippen LogP contribution is 2.13. The number of imidazole rings is 1. The summed E-state index contributed by atoms with van der Waals surface area (Å²) in [7, 11) is 5.48. The summed E-state index contributed by atoms with van der Waals surface area (Å²) >= 11 is 0. The van der Waals surface area contributed by atoms with Gasteiger partial charge < -0.3 is 9.47 Å². The van der Waals surface area contributed by atoms with Crippen LogP contribution in [0.4, 0.5) is 5.82 Å². The monoisotopic (exact) mass is 177 g/mol. The summed E-state index contributed by atoms with van der Waals surface area (Å²) < 4.78 is 1.64. The van der Waals surface area contributed by atoms with Gasteiger partial charge in [0.05, 0.1) is 12.7 Å². The van der Waals surface area contributed by atoms with E-state index in [0.717, 1.165) is 0 Å². The van der Waals surface area contributed by atoms with E-state index in [1.165, 1.54) is 0 Å². The Balaban J connectivity index is 2.97. The third-order valence-electron chi connectivity index (χ3n) is 1.43. The maximum Gasteiger partial charge on any atom is 0.190 e. The number of hydrogen-bond donors (Lipinski definition) is 0. The van der Waals surface area contributed by atoms with E-state index in [1.54, 1.807) is 29.2 Å². The van der Waals surface area contributed by atoms with Gasteiger partial charge in [0.1, 0.15) is 6.07 Å². The van der Waals surface area contributed by atoms with Gasteiger partial charge in [-0.3, -0.25) is 0 Å². The van der Waals surface area contributed by atoms with Crippen molar-refractivity contribution in [2.75, 3.05) is 14.1 Å². The second-order valence-electron chi connectivity index (χ2n) is 2.85. The molecule has 68 valence electrons. The second-order valence-corrected chi connectivity index (χ2v) is 2.85. The molecule has 5 heteroatoms. The minimum atomic E-state index is 0.457. The van der Waals surface area contributed by atoms with Gasteiger partial charge >= 0.3 is 0 Å². The van der Waals surface area contributed by atoms with Gasteiger partial charge in [0, 0.05) is 21.1 Å². The van der Waals surface area contributed by atoms with Crippen molar-refractivity contribution in [3.8, 4) is 6.07 Å². The first-order valence-electron chi connectivity index (χ1n) is 3.77. The van der Waals surface area contributed by atoms with Crippen LogP contribution in [0.3, 0.4) is 0 Å². The molecule has 0 saturated carbocycles. The Morgan fingerprint density at radius 3 is 2.92 bits per heavy atom. The lowest BCUT2D eigenvalue weighted by molar-refractivity contribution is 0.643. The van der Waals surface area contributed by atoms with Crippen molar-refractivity contribution in [2.24, 2.45) is 12.0 Å². The van der Waals surface area contributed by atoms with Crippen LogP contribution in [-0.2, 0) is 7.05 Å². The van der Waals surface area contributed by atoms with Crippen molar-refractivity contribution in [1.29, 1.82) is 5.26 Å². The molecular weight excluding hydrogens is 166 g/mol. The van der Waals surface area contributed by atoms with Crippen molar-refractivity contribution in [3.05, 3.63) is 12.0 Å². The van der Waals surface area contributed by atoms with Crippen molar-refractivity contribution in [3.63, 3.8) is 0 Å². The molecule has 0 N–H and O–H groups in total. The summed E-state index contributed by atoms with van der Waals surface area (Å²) in [6.07, 6.45) is 3.18. The van der Waals surface area contributed by atoms with Crippen LogP contribution in [0.1, 0.15) is 5.69 Å². The first-order valence-corrected chi connectivity index (χ1v) is 3.77. The maximum absolute atomic E-state index is 8.76. The van der Waals surface area contributed by atoms with Crippen molar-refractivity contribution < 1.29 is 0 Å². The quantitative estimate of drug-likeness (QED) is 0.488. The van der Waals surface area contributed by atoms with Gasteiger partial charge in [-0.05, 0) is 0 Å². The molecule has 0 unspecified atom stereocenters. The maximum atomic E-state index is 8.76. The number of aliphatic imine (C=N–C) groups is 1. The van der Waals surface area contributed by atoms with E-state index in [0.29, 0.717) is 11.5 Å². The molecule has 0 fully saturated rings. The molecule has 0 aliphatic carbocycles. The third kappa shape index (κ3) is 2.06. The molecule has 0 radical (unpaired) electrons. The minimum absolute atomic E-state index is 0.457. The van der Waals surface area contributed by atoms with Crippen LogP contribution in [0, 0.1) is 11.3 Å². The number of nitrogens with zero attached hydrogens (tertiary/aromatic N) is 5. The van der Waals surface area contributed by atoms with Crippen LogP contribution >= 0.6 is 0 Å². The lowest BCUT2D eigenvalue weighted by Crippen LogP contribution is -2.07. The zero-order chi connectivity index (χ0) is 9.84. The molecule has 0 aliphatic heterocycles. The topological polar surface area (TPSA) is 57.2 Å². The fourth-order valence-corrected chi connectivity index (χ4v) is 0.811. The third-order valence-corrected chi connectivity index (χ3v) is 1.43. The molecule has 0 atom stereocenters. The smallest absolute Gasteiger partial charge is 0.190 e. The summed E-state index contributed by atoms with van der Waals surface area (Å²) in [5.41, 5.74) is 0.470. The SMILES string of the molecule is CN(C)/C=N/c1ncn(C)c1C#N. The van der Waals surface area contributed by atoms with E-state index in [-0.39, 0.29) is 0 Å². The van der Waals surface area contributed by atoms with Gasteiger partial charge in [-0.25, -0.2) is 9.98 Å². The molecule has 0 bridgehead atoms. The van der Waals surface area contributed by atoms with Gasteiger partial charge in [0.15, 0.2) is 11.5 Å². The molecule has 13 heavy (non-hydrogen) atoms. The van der Waals surface area contributed by atoms with Gasteiger partial charge in [0.25, 0.3) is 0 Å². The molecule has 0 aromatic carbocycles. The van der Waals surface area contributed by atoms with Crippen molar-refractivity contribution >= 4 is 12.2 Å². The summed E-state index contributed by atoms with van der Waals surface area (Å²) in [4.78, 5) is 9.81. The lowest BCUT2D eigenvalue weighted by Gasteiger charge is -2.00. The average molecular weight is 177 g/mol. The fourth-order valence-electron chi connectivity index (χ4n) is 0.811. The normalized spacial score (nSPS) is 10.3. The largest absolute Gasteiger partial charge is 0.369 e. The van der Waals surface area contributed by atoms with E-state index in [4.69, 9.17) is 5.26 Å². The Hall–Kier alpha value is -1.83. The Morgan fingerprint density at radius 1 is 1.69 bits per heavy atom. The predicted molar refractivity (Wildman–Crippen MR) is 49.8 cm³/mol. The molecule has 0 aliphatic rings. The van der Waals surface area contributed by atoms with Crippen LogP contribution in [0.5, 0.6) is 0 Å². The van der Waals surface area contributed by atoms with E-state index in [9.17, 15) is 0 Å². The highest BCUT2D eigenvalue weighted by atomic mass is 15.1. The molecule has 1 heterocycles. The Kier molecular flexibility index (Phi) is 2.65. The highest BCUT2D eigenvalue weighted by Gasteiger charge is 2.05. The molecule has 0 amide bonds. The fraction of sp³-hybridized carbons (Fsp3) is 0.375. The molecule has 1 rings (SSSR count). The van der Waals surface area contributed by atoms with Crippen LogP contribution in [0.25, 0.3) is 0 Å². The van der Waals surface area contributed by atoms with E-state index in [1.807, 2.05) is 20.2 Å². The zero-order valence-electron chi connectivity index (χ0n) is 7.89. The molecule has 0 spiro atoms. The predicted octanol–water partition coefficient (Wildman–Crippen LogP) is 0.513. The number of aryl methyl sites for hydroxylation is 1. The van der Waals surface area contributed by atoms with Crippen LogP contribution in [0.15, 0.2) is 11.3 Å². The average Bonchev–Trinajstić information content (AvgIpc) is 2.42. The van der Waals surface area contributed by atoms with E-state index in [2.05, 4.69) is 9.98 Å². The number of aromatic nitrogens is 2. The minimum Gasteiger partial charge on any atom is -0.369 e. The van der Waals surface area contributed by atoms with Gasteiger partial charge in [-0.1, -0.05) is 0 Å². The highest BCUT2D eigenvalue weighted by molar-refractivity contribution is 5.61. The number of rotatable bonds is 2. The number of nitriles is 1. The molecule has 1 aromatic rings. The lowest BCUT2D eigenvalue weighted by atomic mass is 10.5. The molecule has 5 nitrogen and oxygen atoms in total. The Bertz CT molecular complexity index is 355. The summed E-state index contributed by atoms with van der Waals surface area (Å²) in [6.45, 7) is 0. The van der Waals surface area contributed by atoms with Crippen LogP contribution in [0.2, 0.25) is 0 Å². The van der Waals surface area contributed by atoms with Gasteiger partial charge in [0.2, 0.25) is 0 Å². The summed E-state index contributed by atoms with van der Waals surface area (Å²) in [6, 6.07) is 2.04. The zero-order valence-corrected chi connectivity index (χ0v) is 7.89. The Morgan fingerprint density at radius 2 is 2.38 bits per heavy atom. The van der Waals surface area contributed by atoms with Crippen molar-refractivity contribution in [1.82, 2.24) is 14.5 Å².